The second kappa shape index (κ2) is 7.00. The predicted molar refractivity (Wildman–Crippen MR) is 71.5 cm³/mol. The fourth-order valence-corrected chi connectivity index (χ4v) is 2.40. The van der Waals surface area contributed by atoms with Gasteiger partial charge in [0.25, 0.3) is 0 Å². The highest BCUT2D eigenvalue weighted by Gasteiger charge is 2.14. The SMILES string of the molecule is ClC(CNCCC1CCCO1)c1ccccc1. The van der Waals surface area contributed by atoms with Gasteiger partial charge in [-0.25, -0.2) is 0 Å². The lowest BCUT2D eigenvalue weighted by Crippen LogP contribution is -2.23. The standard InChI is InChI=1S/C14H20ClNO/c15-14(12-5-2-1-3-6-12)11-16-9-8-13-7-4-10-17-13/h1-3,5-6,13-14,16H,4,7-11H2. The Morgan fingerprint density at radius 1 is 1.35 bits per heavy atom. The summed E-state index contributed by atoms with van der Waals surface area (Å²) in [6.07, 6.45) is 3.99. The average molecular weight is 254 g/mol. The molecule has 0 aliphatic carbocycles. The fourth-order valence-electron chi connectivity index (χ4n) is 2.14. The first-order chi connectivity index (χ1) is 8.36. The molecule has 1 aromatic carbocycles. The van der Waals surface area contributed by atoms with Gasteiger partial charge in [0.15, 0.2) is 0 Å². The van der Waals surface area contributed by atoms with Crippen molar-refractivity contribution in [2.75, 3.05) is 19.7 Å². The summed E-state index contributed by atoms with van der Waals surface area (Å²) >= 11 is 6.31. The number of ether oxygens (including phenoxy) is 1. The first-order valence-corrected chi connectivity index (χ1v) is 6.81. The van der Waals surface area contributed by atoms with E-state index in [4.69, 9.17) is 16.3 Å². The van der Waals surface area contributed by atoms with Gasteiger partial charge >= 0.3 is 0 Å². The zero-order valence-electron chi connectivity index (χ0n) is 10.1. The van der Waals surface area contributed by atoms with Crippen LogP contribution in [0.1, 0.15) is 30.2 Å². The molecule has 0 amide bonds. The van der Waals surface area contributed by atoms with Gasteiger partial charge in [-0.1, -0.05) is 30.3 Å². The minimum atomic E-state index is 0.0562. The van der Waals surface area contributed by atoms with Crippen LogP contribution in [-0.4, -0.2) is 25.8 Å². The predicted octanol–water partition coefficient (Wildman–Crippen LogP) is 3.13. The van der Waals surface area contributed by atoms with Crippen molar-refractivity contribution < 1.29 is 4.74 Å². The van der Waals surface area contributed by atoms with E-state index >= 15 is 0 Å². The number of rotatable bonds is 6. The first-order valence-electron chi connectivity index (χ1n) is 6.37. The van der Waals surface area contributed by atoms with Gasteiger partial charge in [-0.05, 0) is 31.4 Å². The van der Waals surface area contributed by atoms with Crippen LogP contribution in [0.25, 0.3) is 0 Å². The summed E-state index contributed by atoms with van der Waals surface area (Å²) < 4.78 is 5.57. The van der Waals surface area contributed by atoms with Crippen LogP contribution in [0.3, 0.4) is 0 Å². The lowest BCUT2D eigenvalue weighted by atomic mass is 10.1. The van der Waals surface area contributed by atoms with Crippen LogP contribution in [0.15, 0.2) is 30.3 Å². The van der Waals surface area contributed by atoms with Crippen LogP contribution >= 0.6 is 11.6 Å². The van der Waals surface area contributed by atoms with Crippen LogP contribution in [0.4, 0.5) is 0 Å². The summed E-state index contributed by atoms with van der Waals surface area (Å²) in [6.45, 7) is 2.74. The third-order valence-corrected chi connectivity index (χ3v) is 3.56. The Morgan fingerprint density at radius 3 is 2.88 bits per heavy atom. The maximum absolute atomic E-state index is 6.31. The molecule has 3 heteroatoms. The summed E-state index contributed by atoms with van der Waals surface area (Å²) in [6, 6.07) is 10.2. The van der Waals surface area contributed by atoms with E-state index in [1.54, 1.807) is 0 Å². The van der Waals surface area contributed by atoms with E-state index in [1.165, 1.54) is 18.4 Å². The van der Waals surface area contributed by atoms with Crippen LogP contribution in [-0.2, 0) is 4.74 Å². The first kappa shape index (κ1) is 12.9. The minimum Gasteiger partial charge on any atom is -0.378 e. The Bertz CT molecular complexity index is 311. The molecule has 2 atom stereocenters. The fraction of sp³-hybridized carbons (Fsp3) is 0.571. The normalized spacial score (nSPS) is 21.6. The topological polar surface area (TPSA) is 21.3 Å². The Morgan fingerprint density at radius 2 is 2.18 bits per heavy atom. The van der Waals surface area contributed by atoms with Crippen molar-refractivity contribution in [1.82, 2.24) is 5.32 Å². The lowest BCUT2D eigenvalue weighted by Gasteiger charge is -2.13. The van der Waals surface area contributed by atoms with Gasteiger partial charge in [0.05, 0.1) is 11.5 Å². The van der Waals surface area contributed by atoms with Gasteiger partial charge in [0.1, 0.15) is 0 Å². The molecule has 1 saturated heterocycles. The van der Waals surface area contributed by atoms with Gasteiger partial charge in [-0.2, -0.15) is 0 Å². The maximum Gasteiger partial charge on any atom is 0.0709 e. The summed E-state index contributed by atoms with van der Waals surface area (Å²) in [5.41, 5.74) is 1.18. The largest absolute Gasteiger partial charge is 0.378 e. The smallest absolute Gasteiger partial charge is 0.0709 e. The number of alkyl halides is 1. The molecule has 0 radical (unpaired) electrons. The van der Waals surface area contributed by atoms with E-state index in [2.05, 4.69) is 17.4 Å². The van der Waals surface area contributed by atoms with Gasteiger partial charge in [0, 0.05) is 13.2 Å². The zero-order chi connectivity index (χ0) is 11.9. The van der Waals surface area contributed by atoms with Gasteiger partial charge in [0.2, 0.25) is 0 Å². The maximum atomic E-state index is 6.31. The molecule has 1 aromatic rings. The molecule has 2 unspecified atom stereocenters. The highest BCUT2D eigenvalue weighted by atomic mass is 35.5. The Kier molecular flexibility index (Phi) is 5.30. The zero-order valence-corrected chi connectivity index (χ0v) is 10.8. The van der Waals surface area contributed by atoms with E-state index < -0.39 is 0 Å². The third kappa shape index (κ3) is 4.30. The number of hydrogen-bond acceptors (Lipinski definition) is 2. The molecule has 2 rings (SSSR count). The van der Waals surface area contributed by atoms with E-state index in [0.717, 1.165) is 26.1 Å². The van der Waals surface area contributed by atoms with E-state index in [0.29, 0.717) is 6.10 Å². The van der Waals surface area contributed by atoms with Crippen LogP contribution in [0.5, 0.6) is 0 Å². The van der Waals surface area contributed by atoms with Crippen molar-refractivity contribution in [3.63, 3.8) is 0 Å². The highest BCUT2D eigenvalue weighted by molar-refractivity contribution is 6.21. The molecule has 1 N–H and O–H groups in total. The second-order valence-electron chi connectivity index (χ2n) is 4.51. The number of nitrogens with one attached hydrogen (secondary N) is 1. The monoisotopic (exact) mass is 253 g/mol. The molecule has 1 aliphatic rings. The summed E-state index contributed by atoms with van der Waals surface area (Å²) in [7, 11) is 0. The molecule has 17 heavy (non-hydrogen) atoms. The molecular weight excluding hydrogens is 234 g/mol. The van der Waals surface area contributed by atoms with Crippen molar-refractivity contribution in [2.45, 2.75) is 30.7 Å². The van der Waals surface area contributed by atoms with Crippen LogP contribution in [0, 0.1) is 0 Å². The molecule has 1 heterocycles. The van der Waals surface area contributed by atoms with Gasteiger partial charge < -0.3 is 10.1 Å². The summed E-state index contributed by atoms with van der Waals surface area (Å²) in [5, 5.41) is 3.45. The molecule has 1 fully saturated rings. The van der Waals surface area contributed by atoms with E-state index in [9.17, 15) is 0 Å². The molecule has 1 aliphatic heterocycles. The van der Waals surface area contributed by atoms with Crippen LogP contribution in [0.2, 0.25) is 0 Å². The van der Waals surface area contributed by atoms with E-state index in [-0.39, 0.29) is 5.38 Å². The number of hydrogen-bond donors (Lipinski definition) is 1. The van der Waals surface area contributed by atoms with Crippen molar-refractivity contribution in [2.24, 2.45) is 0 Å². The summed E-state index contributed by atoms with van der Waals surface area (Å²) in [5.74, 6) is 0. The van der Waals surface area contributed by atoms with E-state index in [1.807, 2.05) is 18.2 Å². The highest BCUT2D eigenvalue weighted by Crippen LogP contribution is 2.19. The molecule has 0 bridgehead atoms. The summed E-state index contributed by atoms with van der Waals surface area (Å²) in [4.78, 5) is 0. The second-order valence-corrected chi connectivity index (χ2v) is 5.03. The van der Waals surface area contributed by atoms with Crippen molar-refractivity contribution in [3.05, 3.63) is 35.9 Å². The molecular formula is C14H20ClNO. The van der Waals surface area contributed by atoms with Gasteiger partial charge in [-0.15, -0.1) is 11.6 Å². The number of benzene rings is 1. The average Bonchev–Trinajstić information content (AvgIpc) is 2.88. The van der Waals surface area contributed by atoms with Gasteiger partial charge in [-0.3, -0.25) is 0 Å². The molecule has 0 aromatic heterocycles. The Hall–Kier alpha value is -0.570. The number of halogens is 1. The van der Waals surface area contributed by atoms with Crippen molar-refractivity contribution >= 4 is 11.6 Å². The Labute approximate surface area is 108 Å². The van der Waals surface area contributed by atoms with Crippen molar-refractivity contribution in [3.8, 4) is 0 Å². The lowest BCUT2D eigenvalue weighted by molar-refractivity contribution is 0.104. The van der Waals surface area contributed by atoms with Crippen LogP contribution < -0.4 is 5.32 Å². The molecule has 0 saturated carbocycles. The molecule has 0 spiro atoms. The van der Waals surface area contributed by atoms with Crippen molar-refractivity contribution in [1.29, 1.82) is 0 Å². The third-order valence-electron chi connectivity index (χ3n) is 3.15. The Balaban J connectivity index is 1.61. The molecule has 2 nitrogen and oxygen atoms in total. The molecule has 94 valence electrons. The quantitative estimate of drug-likeness (QED) is 0.621. The minimum absolute atomic E-state index is 0.0562.